The summed E-state index contributed by atoms with van der Waals surface area (Å²) in [4.78, 5) is 16.5. The summed E-state index contributed by atoms with van der Waals surface area (Å²) in [5.41, 5.74) is 4.33. The van der Waals surface area contributed by atoms with Gasteiger partial charge in [-0.2, -0.15) is 0 Å². The van der Waals surface area contributed by atoms with Crippen LogP contribution in [-0.4, -0.2) is 10.8 Å². The van der Waals surface area contributed by atoms with Crippen LogP contribution in [0.1, 0.15) is 36.3 Å². The summed E-state index contributed by atoms with van der Waals surface area (Å²) in [7, 11) is 0. The van der Waals surface area contributed by atoms with Crippen LogP contribution in [0.15, 0.2) is 65.4 Å². The molecule has 0 amide bonds. The van der Waals surface area contributed by atoms with Gasteiger partial charge in [0, 0.05) is 30.7 Å². The number of carbonyl (C=O) groups excluding carboxylic acids is 1. The van der Waals surface area contributed by atoms with Crippen LogP contribution in [0.4, 0.5) is 0 Å². The molecule has 1 unspecified atom stereocenters. The van der Waals surface area contributed by atoms with Crippen LogP contribution in [0.25, 0.3) is 11.1 Å². The molecule has 2 aromatic heterocycles. The van der Waals surface area contributed by atoms with Crippen LogP contribution >= 0.6 is 0 Å². The van der Waals surface area contributed by atoms with Crippen LogP contribution in [0.5, 0.6) is 0 Å². The molecular weight excluding hydrogens is 298 g/mol. The van der Waals surface area contributed by atoms with Crippen LogP contribution in [0, 0.1) is 6.92 Å². The van der Waals surface area contributed by atoms with Gasteiger partial charge in [-0.25, -0.2) is 0 Å². The number of hydrogen-bond acceptors (Lipinski definition) is 3. The summed E-state index contributed by atoms with van der Waals surface area (Å²) >= 11 is 0. The van der Waals surface area contributed by atoms with Crippen molar-refractivity contribution in [3.63, 3.8) is 0 Å². The van der Waals surface area contributed by atoms with Crippen LogP contribution in [-0.2, 0) is 11.2 Å². The number of aromatic nitrogens is 1. The van der Waals surface area contributed by atoms with E-state index in [9.17, 15) is 4.79 Å². The fourth-order valence-electron chi connectivity index (χ4n) is 2.85. The SMILES string of the molecule is Cc1cc(-c2ccc(CC(=O)CC(C)c3ccco3)cc2)ccn1. The second-order valence-corrected chi connectivity index (χ2v) is 6.22. The Morgan fingerprint density at radius 1 is 1.12 bits per heavy atom. The topological polar surface area (TPSA) is 43.1 Å². The molecule has 0 fully saturated rings. The zero-order valence-electron chi connectivity index (χ0n) is 14.0. The van der Waals surface area contributed by atoms with Gasteiger partial charge < -0.3 is 4.42 Å². The van der Waals surface area contributed by atoms with E-state index in [1.807, 2.05) is 50.4 Å². The lowest BCUT2D eigenvalue weighted by Crippen LogP contribution is -2.07. The van der Waals surface area contributed by atoms with E-state index in [0.717, 1.165) is 28.1 Å². The molecule has 0 aliphatic carbocycles. The van der Waals surface area contributed by atoms with Gasteiger partial charge in [-0.15, -0.1) is 0 Å². The Bertz CT molecular complexity index is 804. The van der Waals surface area contributed by atoms with Crippen molar-refractivity contribution in [3.8, 4) is 11.1 Å². The number of pyridine rings is 1. The molecule has 0 spiro atoms. The smallest absolute Gasteiger partial charge is 0.137 e. The van der Waals surface area contributed by atoms with Crippen molar-refractivity contribution >= 4 is 5.78 Å². The molecule has 0 N–H and O–H groups in total. The zero-order chi connectivity index (χ0) is 16.9. The fourth-order valence-corrected chi connectivity index (χ4v) is 2.85. The Labute approximate surface area is 142 Å². The predicted molar refractivity (Wildman–Crippen MR) is 94.9 cm³/mol. The first-order valence-corrected chi connectivity index (χ1v) is 8.19. The lowest BCUT2D eigenvalue weighted by atomic mass is 9.97. The molecule has 3 rings (SSSR count). The van der Waals surface area contributed by atoms with E-state index >= 15 is 0 Å². The van der Waals surface area contributed by atoms with Gasteiger partial charge in [-0.1, -0.05) is 31.2 Å². The Morgan fingerprint density at radius 2 is 1.92 bits per heavy atom. The molecule has 122 valence electrons. The summed E-state index contributed by atoms with van der Waals surface area (Å²) in [6, 6.07) is 16.0. The van der Waals surface area contributed by atoms with Crippen molar-refractivity contribution in [2.75, 3.05) is 0 Å². The molecule has 0 aliphatic heterocycles. The van der Waals surface area contributed by atoms with Gasteiger partial charge in [0.2, 0.25) is 0 Å². The summed E-state index contributed by atoms with van der Waals surface area (Å²) in [6.45, 7) is 4.00. The molecular formula is C21H21NO2. The first-order valence-electron chi connectivity index (χ1n) is 8.19. The molecule has 1 atom stereocenters. The second kappa shape index (κ2) is 7.26. The molecule has 24 heavy (non-hydrogen) atoms. The Morgan fingerprint density at radius 3 is 2.58 bits per heavy atom. The molecule has 0 aliphatic rings. The first kappa shape index (κ1) is 16.2. The number of benzene rings is 1. The van der Waals surface area contributed by atoms with Gasteiger partial charge in [0.15, 0.2) is 0 Å². The highest BCUT2D eigenvalue weighted by Gasteiger charge is 2.14. The third kappa shape index (κ3) is 3.99. The lowest BCUT2D eigenvalue weighted by Gasteiger charge is -2.08. The van der Waals surface area contributed by atoms with E-state index in [0.29, 0.717) is 12.8 Å². The van der Waals surface area contributed by atoms with Gasteiger partial charge in [0.05, 0.1) is 6.26 Å². The summed E-state index contributed by atoms with van der Waals surface area (Å²) in [6.07, 6.45) is 4.42. The minimum atomic E-state index is 0.117. The largest absolute Gasteiger partial charge is 0.469 e. The van der Waals surface area contributed by atoms with Gasteiger partial charge >= 0.3 is 0 Å². The number of aryl methyl sites for hydroxylation is 1. The van der Waals surface area contributed by atoms with Crippen molar-refractivity contribution in [1.82, 2.24) is 4.98 Å². The average Bonchev–Trinajstić information content (AvgIpc) is 3.10. The van der Waals surface area contributed by atoms with E-state index in [-0.39, 0.29) is 11.7 Å². The highest BCUT2D eigenvalue weighted by molar-refractivity contribution is 5.81. The van der Waals surface area contributed by atoms with Crippen molar-refractivity contribution in [2.45, 2.75) is 32.6 Å². The Balaban J connectivity index is 1.62. The standard InChI is InChI=1S/C21H21NO2/c1-15(21-4-3-11-24-21)12-20(23)14-17-5-7-18(8-6-17)19-9-10-22-16(2)13-19/h3-11,13,15H,12,14H2,1-2H3. The number of ketones is 1. The zero-order valence-corrected chi connectivity index (χ0v) is 14.0. The highest BCUT2D eigenvalue weighted by Crippen LogP contribution is 2.22. The lowest BCUT2D eigenvalue weighted by molar-refractivity contribution is -0.118. The average molecular weight is 319 g/mol. The number of carbonyl (C=O) groups is 1. The normalized spacial score (nSPS) is 12.1. The van der Waals surface area contributed by atoms with E-state index in [2.05, 4.69) is 23.2 Å². The van der Waals surface area contributed by atoms with Crippen molar-refractivity contribution < 1.29 is 9.21 Å². The molecule has 0 saturated heterocycles. The third-order valence-corrected chi connectivity index (χ3v) is 4.15. The Hall–Kier alpha value is -2.68. The fraction of sp³-hybridized carbons (Fsp3) is 0.238. The van der Waals surface area contributed by atoms with Gasteiger partial charge in [0.25, 0.3) is 0 Å². The summed E-state index contributed by atoms with van der Waals surface area (Å²) < 4.78 is 5.36. The number of Topliss-reactive ketones (excluding diaryl/α,β-unsaturated/α-hetero) is 1. The van der Waals surface area contributed by atoms with E-state index in [1.165, 1.54) is 0 Å². The van der Waals surface area contributed by atoms with Crippen molar-refractivity contribution in [1.29, 1.82) is 0 Å². The molecule has 0 radical (unpaired) electrons. The maximum atomic E-state index is 12.3. The number of furan rings is 1. The third-order valence-electron chi connectivity index (χ3n) is 4.15. The second-order valence-electron chi connectivity index (χ2n) is 6.22. The molecule has 3 aromatic rings. The summed E-state index contributed by atoms with van der Waals surface area (Å²) in [5, 5.41) is 0. The molecule has 3 heteroatoms. The van der Waals surface area contributed by atoms with E-state index in [4.69, 9.17) is 4.42 Å². The Kier molecular flexibility index (Phi) is 4.90. The minimum Gasteiger partial charge on any atom is -0.469 e. The van der Waals surface area contributed by atoms with Crippen LogP contribution in [0.2, 0.25) is 0 Å². The first-order chi connectivity index (χ1) is 11.6. The monoisotopic (exact) mass is 319 g/mol. The quantitative estimate of drug-likeness (QED) is 0.645. The van der Waals surface area contributed by atoms with E-state index < -0.39 is 0 Å². The maximum Gasteiger partial charge on any atom is 0.137 e. The number of rotatable bonds is 6. The van der Waals surface area contributed by atoms with Gasteiger partial charge in [0.1, 0.15) is 11.5 Å². The number of nitrogens with zero attached hydrogens (tertiary/aromatic N) is 1. The highest BCUT2D eigenvalue weighted by atomic mass is 16.3. The minimum absolute atomic E-state index is 0.117. The number of hydrogen-bond donors (Lipinski definition) is 0. The maximum absolute atomic E-state index is 12.3. The summed E-state index contributed by atoms with van der Waals surface area (Å²) in [5.74, 6) is 1.21. The molecule has 0 bridgehead atoms. The molecule has 1 aromatic carbocycles. The van der Waals surface area contributed by atoms with Crippen LogP contribution in [0.3, 0.4) is 0 Å². The van der Waals surface area contributed by atoms with E-state index in [1.54, 1.807) is 6.26 Å². The molecule has 2 heterocycles. The van der Waals surface area contributed by atoms with Gasteiger partial charge in [-0.05, 0) is 47.9 Å². The molecule has 0 saturated carbocycles. The van der Waals surface area contributed by atoms with Crippen molar-refractivity contribution in [3.05, 3.63) is 78.0 Å². The van der Waals surface area contributed by atoms with Crippen molar-refractivity contribution in [2.24, 2.45) is 0 Å². The molecule has 3 nitrogen and oxygen atoms in total. The van der Waals surface area contributed by atoms with Gasteiger partial charge in [-0.3, -0.25) is 9.78 Å². The predicted octanol–water partition coefficient (Wildman–Crippen LogP) is 4.96. The van der Waals surface area contributed by atoms with Crippen LogP contribution < -0.4 is 0 Å².